The average Bonchev–Trinajstić information content (AvgIpc) is 3.13. The van der Waals surface area contributed by atoms with E-state index in [2.05, 4.69) is 21.4 Å². The first-order chi connectivity index (χ1) is 14.9. The van der Waals surface area contributed by atoms with Crippen LogP contribution in [0.3, 0.4) is 0 Å². The maximum Gasteiger partial charge on any atom is 0.352 e. The van der Waals surface area contributed by atoms with Gasteiger partial charge >= 0.3 is 5.97 Å². The summed E-state index contributed by atoms with van der Waals surface area (Å²) >= 11 is 0. The highest BCUT2D eigenvalue weighted by atomic mass is 32.2. The van der Waals surface area contributed by atoms with E-state index in [1.54, 1.807) is 0 Å². The van der Waals surface area contributed by atoms with Crippen LogP contribution in [0.1, 0.15) is 58.4 Å². The fraction of sp³-hybridized carbons (Fsp3) is 0.696. The van der Waals surface area contributed by atoms with Crippen molar-refractivity contribution in [2.75, 3.05) is 18.1 Å². The van der Waals surface area contributed by atoms with E-state index in [4.69, 9.17) is 10.1 Å². The van der Waals surface area contributed by atoms with Gasteiger partial charge in [0.15, 0.2) is 0 Å². The monoisotopic (exact) mass is 455 g/mol. The van der Waals surface area contributed by atoms with Gasteiger partial charge in [0.1, 0.15) is 28.8 Å². The predicted octanol–water partition coefficient (Wildman–Crippen LogP) is 3.06. The van der Waals surface area contributed by atoms with E-state index >= 15 is 0 Å². The van der Waals surface area contributed by atoms with Crippen molar-refractivity contribution in [1.29, 1.82) is 10.7 Å². The Kier molecular flexibility index (Phi) is 4.43. The van der Waals surface area contributed by atoms with E-state index in [1.807, 2.05) is 20.8 Å². The first-order valence-corrected chi connectivity index (χ1v) is 12.7. The van der Waals surface area contributed by atoms with Gasteiger partial charge in [-0.25, -0.2) is 14.8 Å². The fourth-order valence-corrected chi connectivity index (χ4v) is 7.94. The maximum absolute atomic E-state index is 12.7. The molecule has 32 heavy (non-hydrogen) atoms. The zero-order chi connectivity index (χ0) is 23.1. The lowest BCUT2D eigenvalue weighted by atomic mass is 9.59. The molecule has 5 aliphatic carbocycles. The Morgan fingerprint density at radius 3 is 2.75 bits per heavy atom. The highest BCUT2D eigenvalue weighted by Crippen LogP contribution is 2.91. The molecule has 0 aromatic carbocycles. The van der Waals surface area contributed by atoms with Crippen LogP contribution in [0.25, 0.3) is 0 Å². The number of anilines is 1. The molecule has 0 saturated heterocycles. The van der Waals surface area contributed by atoms with E-state index < -0.39 is 22.4 Å². The van der Waals surface area contributed by atoms with Crippen molar-refractivity contribution in [2.45, 2.75) is 63.6 Å². The predicted molar refractivity (Wildman–Crippen MR) is 119 cm³/mol. The summed E-state index contributed by atoms with van der Waals surface area (Å²) in [6.07, 6.45) is 8.17. The van der Waals surface area contributed by atoms with Gasteiger partial charge in [0.2, 0.25) is 5.16 Å². The number of esters is 1. The van der Waals surface area contributed by atoms with Gasteiger partial charge in [0.05, 0.1) is 17.0 Å². The molecular weight excluding hydrogens is 426 g/mol. The lowest BCUT2D eigenvalue weighted by Crippen LogP contribution is -2.46. The molecule has 5 aliphatic rings. The number of rotatable bonds is 6. The second-order valence-corrected chi connectivity index (χ2v) is 12.6. The number of nitriles is 1. The van der Waals surface area contributed by atoms with Crippen LogP contribution in [0.15, 0.2) is 11.4 Å². The molecule has 1 heterocycles. The van der Waals surface area contributed by atoms with E-state index in [-0.39, 0.29) is 33.0 Å². The summed E-state index contributed by atoms with van der Waals surface area (Å²) in [5, 5.41) is 21.7. The van der Waals surface area contributed by atoms with Gasteiger partial charge in [0, 0.05) is 18.7 Å². The van der Waals surface area contributed by atoms with Crippen LogP contribution in [0, 0.1) is 44.8 Å². The number of hydrogen-bond donors (Lipinski definition) is 2. The number of hydrogen-bond acceptors (Lipinski definition) is 8. The Morgan fingerprint density at radius 1 is 1.38 bits per heavy atom. The maximum atomic E-state index is 12.7. The lowest BCUT2D eigenvalue weighted by molar-refractivity contribution is -0.147. The largest absolute Gasteiger partial charge is 0.455 e. The van der Waals surface area contributed by atoms with E-state index in [1.165, 1.54) is 12.5 Å². The Labute approximate surface area is 190 Å². The van der Waals surface area contributed by atoms with Gasteiger partial charge in [-0.1, -0.05) is 0 Å². The molecule has 9 heteroatoms. The van der Waals surface area contributed by atoms with Crippen LogP contribution in [0.5, 0.6) is 0 Å². The molecule has 0 radical (unpaired) electrons. The molecular formula is C23H29N5O3S. The molecule has 6 atom stereocenters. The van der Waals surface area contributed by atoms with Crippen molar-refractivity contribution in [1.82, 2.24) is 9.97 Å². The third-order valence-electron chi connectivity index (χ3n) is 8.11. The molecule has 8 nitrogen and oxygen atoms in total. The van der Waals surface area contributed by atoms with Crippen molar-refractivity contribution < 1.29 is 13.7 Å². The van der Waals surface area contributed by atoms with E-state index in [0.29, 0.717) is 23.8 Å². The molecule has 0 aliphatic heterocycles. The minimum Gasteiger partial charge on any atom is -0.455 e. The minimum absolute atomic E-state index is 0.00388. The van der Waals surface area contributed by atoms with Crippen molar-refractivity contribution >= 4 is 28.3 Å². The first-order valence-electron chi connectivity index (χ1n) is 11.1. The summed E-state index contributed by atoms with van der Waals surface area (Å²) in [5.74, 6) is 0.289. The van der Waals surface area contributed by atoms with Crippen molar-refractivity contribution in [3.8, 4) is 6.07 Å². The minimum atomic E-state index is -1.32. The zero-order valence-corrected chi connectivity index (χ0v) is 19.8. The van der Waals surface area contributed by atoms with E-state index in [9.17, 15) is 14.3 Å². The number of nitrogens with one attached hydrogen (secondary N) is 2. The summed E-state index contributed by atoms with van der Waals surface area (Å²) in [6.45, 7) is 6.19. The third kappa shape index (κ3) is 3.02. The molecule has 0 amide bonds. The van der Waals surface area contributed by atoms with Gasteiger partial charge in [-0.3, -0.25) is 9.62 Å². The molecule has 1 aromatic heterocycles. The Hall–Kier alpha value is -2.34. The lowest BCUT2D eigenvalue weighted by Gasteiger charge is -2.47. The molecule has 6 unspecified atom stereocenters. The number of nitrogens with zero attached hydrogens (tertiary/aromatic N) is 3. The van der Waals surface area contributed by atoms with Gasteiger partial charge < -0.3 is 10.1 Å². The SMILES string of the molecule is CS(=O)c1ncc(C#N)c(NCC23CC4CC5(C2)CC5(C3)C4C(=N)C(=O)OC(C)(C)C)n1. The van der Waals surface area contributed by atoms with Gasteiger partial charge in [0.25, 0.3) is 0 Å². The highest BCUT2D eigenvalue weighted by molar-refractivity contribution is 7.84. The molecule has 2 spiro atoms. The Morgan fingerprint density at radius 2 is 2.12 bits per heavy atom. The zero-order valence-electron chi connectivity index (χ0n) is 18.9. The summed E-state index contributed by atoms with van der Waals surface area (Å²) in [6, 6.07) is 2.11. The van der Waals surface area contributed by atoms with Crippen molar-refractivity contribution in [2.24, 2.45) is 28.1 Å². The second-order valence-electron chi connectivity index (χ2n) is 11.4. The quantitative estimate of drug-likeness (QED) is 0.383. The van der Waals surface area contributed by atoms with Gasteiger partial charge in [-0.05, 0) is 75.0 Å². The smallest absolute Gasteiger partial charge is 0.352 e. The second kappa shape index (κ2) is 6.60. The van der Waals surface area contributed by atoms with Crippen molar-refractivity contribution in [3.63, 3.8) is 0 Å². The Bertz CT molecular complexity index is 1110. The van der Waals surface area contributed by atoms with Gasteiger partial charge in [-0.2, -0.15) is 5.26 Å². The molecule has 5 fully saturated rings. The van der Waals surface area contributed by atoms with Gasteiger partial charge in [-0.15, -0.1) is 0 Å². The topological polar surface area (TPSA) is 129 Å². The van der Waals surface area contributed by atoms with Crippen LogP contribution >= 0.6 is 0 Å². The van der Waals surface area contributed by atoms with Crippen molar-refractivity contribution in [3.05, 3.63) is 11.8 Å². The van der Waals surface area contributed by atoms with Crippen LogP contribution in [-0.4, -0.2) is 44.3 Å². The number of ether oxygens (including phenoxy) is 1. The van der Waals surface area contributed by atoms with Crippen LogP contribution in [0.4, 0.5) is 5.82 Å². The molecule has 170 valence electrons. The van der Waals surface area contributed by atoms with Crippen LogP contribution < -0.4 is 5.32 Å². The Balaban J connectivity index is 1.34. The normalized spacial score (nSPS) is 36.8. The molecule has 4 bridgehead atoms. The summed E-state index contributed by atoms with van der Waals surface area (Å²) in [4.78, 5) is 21.0. The molecule has 2 N–H and O–H groups in total. The molecule has 5 saturated carbocycles. The molecule has 1 aromatic rings. The summed E-state index contributed by atoms with van der Waals surface area (Å²) in [7, 11) is -1.32. The summed E-state index contributed by atoms with van der Waals surface area (Å²) < 4.78 is 17.3. The number of carbonyl (C=O) groups excluding carboxylic acids is 1. The average molecular weight is 456 g/mol. The molecule has 6 rings (SSSR count). The third-order valence-corrected chi connectivity index (χ3v) is 8.82. The fourth-order valence-electron chi connectivity index (χ4n) is 7.52. The van der Waals surface area contributed by atoms with Crippen LogP contribution in [-0.2, 0) is 20.3 Å². The highest BCUT2D eigenvalue weighted by Gasteiger charge is 2.85. The van der Waals surface area contributed by atoms with E-state index in [0.717, 1.165) is 32.1 Å². The summed E-state index contributed by atoms with van der Waals surface area (Å²) in [5.41, 5.74) is 0.277. The first kappa shape index (κ1) is 21.5. The number of aromatic nitrogens is 2. The number of carbonyl (C=O) groups is 1. The standard InChI is InChI=1S/C23H29N5O3S/c1-20(2,3)31-18(29)16(25)15-13-5-21(9-22(6-13)11-23(15,22)10-21)12-27-17-14(7-24)8-26-19(28-17)32(4)30/h8,13,15,25H,5-6,9-12H2,1-4H3,(H,26,27,28). The van der Waals surface area contributed by atoms with Crippen LogP contribution in [0.2, 0.25) is 0 Å².